The van der Waals surface area contributed by atoms with E-state index in [0.29, 0.717) is 6.42 Å². The Morgan fingerprint density at radius 1 is 1.30 bits per heavy atom. The van der Waals surface area contributed by atoms with Crippen LogP contribution in [0.5, 0.6) is 0 Å². The summed E-state index contributed by atoms with van der Waals surface area (Å²) in [7, 11) is 0. The van der Waals surface area contributed by atoms with Crippen LogP contribution in [0.3, 0.4) is 0 Å². The molecule has 0 aromatic heterocycles. The van der Waals surface area contributed by atoms with Crippen molar-refractivity contribution in [1.82, 2.24) is 0 Å². The maximum Gasteiger partial charge on any atom is 0.133 e. The predicted octanol–water partition coefficient (Wildman–Crippen LogP) is 5.05. The highest BCUT2D eigenvalue weighted by molar-refractivity contribution is 5.78. The maximum atomic E-state index is 11.5. The van der Waals surface area contributed by atoms with E-state index in [-0.39, 0.29) is 11.2 Å². The van der Waals surface area contributed by atoms with Crippen LogP contribution in [-0.2, 0) is 11.2 Å². The second-order valence-electron chi connectivity index (χ2n) is 6.62. The van der Waals surface area contributed by atoms with Gasteiger partial charge in [0.1, 0.15) is 5.78 Å². The van der Waals surface area contributed by atoms with E-state index < -0.39 is 0 Å². The van der Waals surface area contributed by atoms with Gasteiger partial charge in [-0.1, -0.05) is 68.8 Å². The van der Waals surface area contributed by atoms with Gasteiger partial charge in [0.05, 0.1) is 0 Å². The largest absolute Gasteiger partial charge is 0.300 e. The summed E-state index contributed by atoms with van der Waals surface area (Å²) in [5.41, 5.74) is 4.75. The third-order valence-electron chi connectivity index (χ3n) is 3.33. The van der Waals surface area contributed by atoms with Crippen molar-refractivity contribution >= 4 is 5.78 Å². The molecular weight excluding hydrogens is 244 g/mol. The van der Waals surface area contributed by atoms with E-state index in [4.69, 9.17) is 0 Å². The van der Waals surface area contributed by atoms with Crippen molar-refractivity contribution in [2.75, 3.05) is 0 Å². The quantitative estimate of drug-likeness (QED) is 0.685. The van der Waals surface area contributed by atoms with E-state index in [0.717, 1.165) is 17.6 Å². The number of rotatable bonds is 5. The standard InChI is InChI=1S/C19H26O/c1-14-8-7-9-17(10-14)13-18(12-16(3)20)11-15(2)19(4,5)6/h7-11H,2,12-13H2,1,3-6H3/b18-11-. The Kier molecular flexibility index (Phi) is 5.50. The fraction of sp³-hybridized carbons (Fsp3) is 0.421. The topological polar surface area (TPSA) is 17.1 Å². The first-order valence-electron chi connectivity index (χ1n) is 7.12. The minimum Gasteiger partial charge on any atom is -0.300 e. The zero-order valence-electron chi connectivity index (χ0n) is 13.4. The summed E-state index contributed by atoms with van der Waals surface area (Å²) in [5, 5.41) is 0. The summed E-state index contributed by atoms with van der Waals surface area (Å²) in [6.07, 6.45) is 3.42. The predicted molar refractivity (Wildman–Crippen MR) is 86.9 cm³/mol. The van der Waals surface area contributed by atoms with E-state index in [9.17, 15) is 4.79 Å². The van der Waals surface area contributed by atoms with Gasteiger partial charge < -0.3 is 0 Å². The third kappa shape index (κ3) is 5.56. The Bertz CT molecular complexity index is 527. The molecule has 0 saturated heterocycles. The highest BCUT2D eigenvalue weighted by Gasteiger charge is 2.14. The van der Waals surface area contributed by atoms with Crippen LogP contribution in [0.15, 0.2) is 48.1 Å². The van der Waals surface area contributed by atoms with Gasteiger partial charge in [-0.3, -0.25) is 4.79 Å². The lowest BCUT2D eigenvalue weighted by molar-refractivity contribution is -0.116. The smallest absolute Gasteiger partial charge is 0.133 e. The SMILES string of the molecule is C=C(/C=C(/CC(C)=O)Cc1cccc(C)c1)C(C)(C)C. The summed E-state index contributed by atoms with van der Waals surface area (Å²) in [6, 6.07) is 8.44. The number of aryl methyl sites for hydroxylation is 1. The Morgan fingerprint density at radius 3 is 2.45 bits per heavy atom. The number of carbonyl (C=O) groups is 1. The van der Waals surface area contributed by atoms with Crippen LogP contribution in [0.1, 0.15) is 45.2 Å². The molecule has 1 heteroatoms. The Balaban J connectivity index is 2.98. The number of benzene rings is 1. The van der Waals surface area contributed by atoms with Gasteiger partial charge in [-0.05, 0) is 36.8 Å². The van der Waals surface area contributed by atoms with Crippen molar-refractivity contribution in [3.05, 3.63) is 59.2 Å². The second-order valence-corrected chi connectivity index (χ2v) is 6.62. The van der Waals surface area contributed by atoms with Crippen LogP contribution in [0.2, 0.25) is 0 Å². The molecule has 0 fully saturated rings. The van der Waals surface area contributed by atoms with Crippen molar-refractivity contribution in [1.29, 1.82) is 0 Å². The van der Waals surface area contributed by atoms with Crippen LogP contribution in [-0.4, -0.2) is 5.78 Å². The molecule has 1 rings (SSSR count). The molecule has 0 aliphatic rings. The molecule has 0 N–H and O–H groups in total. The molecule has 0 bridgehead atoms. The molecule has 0 amide bonds. The molecule has 0 aliphatic heterocycles. The van der Waals surface area contributed by atoms with Gasteiger partial charge in [0.25, 0.3) is 0 Å². The first kappa shape index (κ1) is 16.4. The molecule has 1 aromatic rings. The molecule has 0 aliphatic carbocycles. The molecule has 0 radical (unpaired) electrons. The lowest BCUT2D eigenvalue weighted by atomic mass is 9.85. The number of Topliss-reactive ketones (excluding diaryl/α,β-unsaturated/α-hetero) is 1. The van der Waals surface area contributed by atoms with Gasteiger partial charge >= 0.3 is 0 Å². The molecule has 0 saturated carbocycles. The summed E-state index contributed by atoms with van der Waals surface area (Å²) in [4.78, 5) is 11.5. The highest BCUT2D eigenvalue weighted by atomic mass is 16.1. The van der Waals surface area contributed by atoms with Crippen LogP contribution in [0.4, 0.5) is 0 Å². The lowest BCUT2D eigenvalue weighted by Gasteiger charge is -2.20. The van der Waals surface area contributed by atoms with Crippen LogP contribution in [0, 0.1) is 12.3 Å². The van der Waals surface area contributed by atoms with Crippen molar-refractivity contribution in [2.24, 2.45) is 5.41 Å². The average molecular weight is 270 g/mol. The maximum absolute atomic E-state index is 11.5. The van der Waals surface area contributed by atoms with Crippen LogP contribution >= 0.6 is 0 Å². The van der Waals surface area contributed by atoms with Gasteiger partial charge in [0, 0.05) is 6.42 Å². The third-order valence-corrected chi connectivity index (χ3v) is 3.33. The first-order chi connectivity index (χ1) is 9.18. The van der Waals surface area contributed by atoms with Crippen molar-refractivity contribution in [2.45, 2.75) is 47.5 Å². The minimum atomic E-state index is 0.0364. The lowest BCUT2D eigenvalue weighted by Crippen LogP contribution is -2.08. The van der Waals surface area contributed by atoms with E-state index in [2.05, 4.69) is 64.6 Å². The molecule has 108 valence electrons. The molecule has 0 atom stereocenters. The Morgan fingerprint density at radius 2 is 1.95 bits per heavy atom. The zero-order chi connectivity index (χ0) is 15.3. The molecule has 1 nitrogen and oxygen atoms in total. The molecule has 0 unspecified atom stereocenters. The van der Waals surface area contributed by atoms with Gasteiger partial charge in [-0.15, -0.1) is 0 Å². The van der Waals surface area contributed by atoms with Crippen LogP contribution < -0.4 is 0 Å². The second kappa shape index (κ2) is 6.69. The number of allylic oxidation sites excluding steroid dienone is 3. The molecule has 0 heterocycles. The average Bonchev–Trinajstić information content (AvgIpc) is 2.26. The fourth-order valence-electron chi connectivity index (χ4n) is 2.03. The monoisotopic (exact) mass is 270 g/mol. The molecule has 0 spiro atoms. The highest BCUT2D eigenvalue weighted by Crippen LogP contribution is 2.27. The van der Waals surface area contributed by atoms with E-state index in [1.54, 1.807) is 6.92 Å². The van der Waals surface area contributed by atoms with Crippen molar-refractivity contribution in [3.8, 4) is 0 Å². The Labute approximate surface area is 123 Å². The first-order valence-corrected chi connectivity index (χ1v) is 7.12. The fourth-order valence-corrected chi connectivity index (χ4v) is 2.03. The summed E-state index contributed by atoms with van der Waals surface area (Å²) >= 11 is 0. The van der Waals surface area contributed by atoms with Crippen molar-refractivity contribution in [3.63, 3.8) is 0 Å². The number of ketones is 1. The van der Waals surface area contributed by atoms with Crippen molar-refractivity contribution < 1.29 is 4.79 Å². The van der Waals surface area contributed by atoms with Gasteiger partial charge in [0.15, 0.2) is 0 Å². The minimum absolute atomic E-state index is 0.0364. The molecule has 20 heavy (non-hydrogen) atoms. The summed E-state index contributed by atoms with van der Waals surface area (Å²) in [5.74, 6) is 0.200. The van der Waals surface area contributed by atoms with E-state index in [1.165, 1.54) is 11.1 Å². The van der Waals surface area contributed by atoms with Gasteiger partial charge in [-0.2, -0.15) is 0 Å². The normalized spacial score (nSPS) is 12.3. The Hall–Kier alpha value is -1.63. The van der Waals surface area contributed by atoms with E-state index >= 15 is 0 Å². The van der Waals surface area contributed by atoms with Gasteiger partial charge in [0.2, 0.25) is 0 Å². The summed E-state index contributed by atoms with van der Waals surface area (Å²) < 4.78 is 0. The number of hydrogen-bond donors (Lipinski definition) is 0. The molecular formula is C19H26O. The summed E-state index contributed by atoms with van der Waals surface area (Å²) in [6.45, 7) is 14.3. The van der Waals surface area contributed by atoms with Gasteiger partial charge in [-0.25, -0.2) is 0 Å². The van der Waals surface area contributed by atoms with Crippen LogP contribution in [0.25, 0.3) is 0 Å². The zero-order valence-corrected chi connectivity index (χ0v) is 13.4. The van der Waals surface area contributed by atoms with E-state index in [1.807, 2.05) is 0 Å². The molecule has 1 aromatic carbocycles. The number of hydrogen-bond acceptors (Lipinski definition) is 1. The number of carbonyl (C=O) groups excluding carboxylic acids is 1.